The van der Waals surface area contributed by atoms with Crippen LogP contribution in [0.4, 0.5) is 0 Å². The fourth-order valence-corrected chi connectivity index (χ4v) is 3.27. The minimum absolute atomic E-state index is 0.187. The molecule has 104 valence electrons. The lowest BCUT2D eigenvalue weighted by Crippen LogP contribution is -2.34. The number of hydrogen-bond donors (Lipinski definition) is 2. The largest absolute Gasteiger partial charge is 0.390 e. The highest BCUT2D eigenvalue weighted by molar-refractivity contribution is 7.89. The molecular formula is C12H22N2O3S. The Morgan fingerprint density at radius 2 is 2.11 bits per heavy atom. The summed E-state index contributed by atoms with van der Waals surface area (Å²) in [5, 5.41) is 8.96. The third kappa shape index (κ3) is 3.34. The second-order valence-electron chi connectivity index (χ2n) is 4.49. The van der Waals surface area contributed by atoms with E-state index in [0.717, 1.165) is 6.42 Å². The van der Waals surface area contributed by atoms with Crippen molar-refractivity contribution in [2.75, 3.05) is 13.1 Å². The third-order valence-corrected chi connectivity index (χ3v) is 5.01. The molecule has 0 aliphatic rings. The average Bonchev–Trinajstić information content (AvgIpc) is 2.84. The Morgan fingerprint density at radius 1 is 1.44 bits per heavy atom. The SMILES string of the molecule is CCC(C)CN(CC)S(=O)(=O)c1c[nH]c(CO)c1. The molecule has 0 saturated carbocycles. The van der Waals surface area contributed by atoms with Crippen LogP contribution in [0.1, 0.15) is 32.9 Å². The number of aliphatic hydroxyl groups excluding tert-OH is 1. The third-order valence-electron chi connectivity index (χ3n) is 3.09. The van der Waals surface area contributed by atoms with Crippen LogP contribution in [-0.4, -0.2) is 35.9 Å². The Balaban J connectivity index is 2.95. The van der Waals surface area contributed by atoms with E-state index >= 15 is 0 Å². The van der Waals surface area contributed by atoms with Gasteiger partial charge in [-0.25, -0.2) is 8.42 Å². The van der Waals surface area contributed by atoms with Gasteiger partial charge in [-0.2, -0.15) is 4.31 Å². The second-order valence-corrected chi connectivity index (χ2v) is 6.43. The molecule has 5 nitrogen and oxygen atoms in total. The van der Waals surface area contributed by atoms with E-state index in [2.05, 4.69) is 4.98 Å². The van der Waals surface area contributed by atoms with Crippen molar-refractivity contribution in [1.29, 1.82) is 0 Å². The highest BCUT2D eigenvalue weighted by atomic mass is 32.2. The van der Waals surface area contributed by atoms with Gasteiger partial charge in [-0.1, -0.05) is 27.2 Å². The van der Waals surface area contributed by atoms with Crippen LogP contribution in [0.3, 0.4) is 0 Å². The summed E-state index contributed by atoms with van der Waals surface area (Å²) in [5.74, 6) is 0.330. The maximum Gasteiger partial charge on any atom is 0.244 e. The van der Waals surface area contributed by atoms with Gasteiger partial charge in [0.15, 0.2) is 0 Å². The zero-order chi connectivity index (χ0) is 13.8. The number of nitrogens with zero attached hydrogens (tertiary/aromatic N) is 1. The summed E-state index contributed by atoms with van der Waals surface area (Å²) in [6, 6.07) is 1.48. The second kappa shape index (κ2) is 6.36. The van der Waals surface area contributed by atoms with Crippen molar-refractivity contribution in [2.45, 2.75) is 38.7 Å². The molecule has 0 aliphatic carbocycles. The summed E-state index contributed by atoms with van der Waals surface area (Å²) in [5.41, 5.74) is 0.508. The number of nitrogens with one attached hydrogen (secondary N) is 1. The van der Waals surface area contributed by atoms with E-state index in [-0.39, 0.29) is 11.5 Å². The molecule has 0 fully saturated rings. The molecule has 6 heteroatoms. The number of hydrogen-bond acceptors (Lipinski definition) is 3. The summed E-state index contributed by atoms with van der Waals surface area (Å²) in [6.45, 7) is 6.70. The Morgan fingerprint density at radius 3 is 2.56 bits per heavy atom. The van der Waals surface area contributed by atoms with E-state index in [1.54, 1.807) is 0 Å². The first kappa shape index (κ1) is 15.2. The minimum Gasteiger partial charge on any atom is -0.390 e. The predicted octanol–water partition coefficient (Wildman–Crippen LogP) is 1.56. The predicted molar refractivity (Wildman–Crippen MR) is 70.6 cm³/mol. The van der Waals surface area contributed by atoms with Gasteiger partial charge in [0.05, 0.1) is 11.5 Å². The van der Waals surface area contributed by atoms with Gasteiger partial charge in [-0.05, 0) is 12.0 Å². The first-order valence-corrected chi connectivity index (χ1v) is 7.68. The molecule has 1 heterocycles. The summed E-state index contributed by atoms with van der Waals surface area (Å²) in [7, 11) is -3.45. The maximum atomic E-state index is 12.4. The summed E-state index contributed by atoms with van der Waals surface area (Å²) in [6.07, 6.45) is 2.38. The van der Waals surface area contributed by atoms with Crippen LogP contribution in [0.2, 0.25) is 0 Å². The van der Waals surface area contributed by atoms with Crippen LogP contribution in [0, 0.1) is 5.92 Å². The Bertz CT molecular complexity index is 467. The van der Waals surface area contributed by atoms with Crippen LogP contribution in [0.5, 0.6) is 0 Å². The molecule has 0 bridgehead atoms. The lowest BCUT2D eigenvalue weighted by atomic mass is 10.1. The lowest BCUT2D eigenvalue weighted by molar-refractivity contribution is 0.277. The first-order valence-electron chi connectivity index (χ1n) is 6.24. The fourth-order valence-electron chi connectivity index (χ4n) is 1.68. The zero-order valence-electron chi connectivity index (χ0n) is 11.2. The molecule has 2 N–H and O–H groups in total. The molecule has 1 aromatic heterocycles. The standard InChI is InChI=1S/C12H22N2O3S/c1-4-10(3)8-14(5-2)18(16,17)12-6-11(9-15)13-7-12/h6-7,10,13,15H,4-5,8-9H2,1-3H3. The van der Waals surface area contributed by atoms with Crippen LogP contribution in [0.15, 0.2) is 17.2 Å². The van der Waals surface area contributed by atoms with E-state index < -0.39 is 10.0 Å². The Labute approximate surface area is 109 Å². The molecular weight excluding hydrogens is 252 g/mol. The molecule has 0 radical (unpaired) electrons. The molecule has 1 aromatic rings. The van der Waals surface area contributed by atoms with Crippen molar-refractivity contribution in [1.82, 2.24) is 9.29 Å². The van der Waals surface area contributed by atoms with E-state index in [0.29, 0.717) is 24.7 Å². The average molecular weight is 274 g/mol. The zero-order valence-corrected chi connectivity index (χ0v) is 12.0. The van der Waals surface area contributed by atoms with Crippen molar-refractivity contribution in [3.63, 3.8) is 0 Å². The fraction of sp³-hybridized carbons (Fsp3) is 0.667. The number of aromatic amines is 1. The quantitative estimate of drug-likeness (QED) is 0.792. The van der Waals surface area contributed by atoms with E-state index in [4.69, 9.17) is 5.11 Å². The van der Waals surface area contributed by atoms with Crippen LogP contribution in [0.25, 0.3) is 0 Å². The van der Waals surface area contributed by atoms with Crippen molar-refractivity contribution in [3.8, 4) is 0 Å². The molecule has 1 unspecified atom stereocenters. The molecule has 0 aliphatic heterocycles. The monoisotopic (exact) mass is 274 g/mol. The van der Waals surface area contributed by atoms with Crippen LogP contribution in [-0.2, 0) is 16.6 Å². The molecule has 0 amide bonds. The number of sulfonamides is 1. The number of aromatic nitrogens is 1. The number of aliphatic hydroxyl groups is 1. The van der Waals surface area contributed by atoms with Crippen molar-refractivity contribution in [2.24, 2.45) is 5.92 Å². The summed E-state index contributed by atoms with van der Waals surface area (Å²) < 4.78 is 26.2. The van der Waals surface area contributed by atoms with Crippen LogP contribution < -0.4 is 0 Å². The van der Waals surface area contributed by atoms with Gasteiger partial charge >= 0.3 is 0 Å². The van der Waals surface area contributed by atoms with Crippen molar-refractivity contribution in [3.05, 3.63) is 18.0 Å². The van der Waals surface area contributed by atoms with E-state index in [9.17, 15) is 8.42 Å². The van der Waals surface area contributed by atoms with E-state index in [1.807, 2.05) is 20.8 Å². The Kier molecular flexibility index (Phi) is 5.37. The number of rotatable bonds is 7. The lowest BCUT2D eigenvalue weighted by Gasteiger charge is -2.22. The van der Waals surface area contributed by atoms with Gasteiger partial charge in [0.1, 0.15) is 0 Å². The summed E-state index contributed by atoms with van der Waals surface area (Å²) in [4.78, 5) is 2.97. The maximum absolute atomic E-state index is 12.4. The summed E-state index contributed by atoms with van der Waals surface area (Å²) >= 11 is 0. The van der Waals surface area contributed by atoms with Gasteiger partial charge in [-0.3, -0.25) is 0 Å². The van der Waals surface area contributed by atoms with Gasteiger partial charge in [0.2, 0.25) is 10.0 Å². The van der Waals surface area contributed by atoms with Crippen molar-refractivity contribution >= 4 is 10.0 Å². The first-order chi connectivity index (χ1) is 8.45. The highest BCUT2D eigenvalue weighted by Crippen LogP contribution is 2.18. The van der Waals surface area contributed by atoms with Crippen LogP contribution >= 0.6 is 0 Å². The molecule has 1 atom stereocenters. The van der Waals surface area contributed by atoms with Gasteiger partial charge in [-0.15, -0.1) is 0 Å². The topological polar surface area (TPSA) is 73.4 Å². The van der Waals surface area contributed by atoms with Gasteiger partial charge in [0.25, 0.3) is 0 Å². The Hall–Kier alpha value is -0.850. The normalized spacial score (nSPS) is 14.1. The van der Waals surface area contributed by atoms with Gasteiger partial charge in [0, 0.05) is 25.0 Å². The molecule has 0 spiro atoms. The van der Waals surface area contributed by atoms with Crippen molar-refractivity contribution < 1.29 is 13.5 Å². The number of H-pyrrole nitrogens is 1. The highest BCUT2D eigenvalue weighted by Gasteiger charge is 2.25. The molecule has 0 saturated heterocycles. The van der Waals surface area contributed by atoms with E-state index in [1.165, 1.54) is 16.6 Å². The van der Waals surface area contributed by atoms with Gasteiger partial charge < -0.3 is 10.1 Å². The molecule has 1 rings (SSSR count). The molecule has 18 heavy (non-hydrogen) atoms. The molecule has 0 aromatic carbocycles. The minimum atomic E-state index is -3.45. The smallest absolute Gasteiger partial charge is 0.244 e.